The molecule has 1 heterocycles. The van der Waals surface area contributed by atoms with E-state index in [9.17, 15) is 19.2 Å². The van der Waals surface area contributed by atoms with Crippen molar-refractivity contribution in [1.29, 1.82) is 0 Å². The Bertz CT molecular complexity index is 1060. The number of methoxy groups -OCH3 is 3. The second-order valence-corrected chi connectivity index (χ2v) is 7.83. The highest BCUT2D eigenvalue weighted by Gasteiger charge is 2.18. The third-order valence-corrected chi connectivity index (χ3v) is 4.85. The summed E-state index contributed by atoms with van der Waals surface area (Å²) < 4.78 is 15.8. The Morgan fingerprint density at radius 1 is 0.972 bits per heavy atom. The zero-order valence-electron chi connectivity index (χ0n) is 20.4. The lowest BCUT2D eigenvalue weighted by Gasteiger charge is -2.13. The second kappa shape index (κ2) is 15.0. The van der Waals surface area contributed by atoms with Gasteiger partial charge in [-0.3, -0.25) is 14.9 Å². The second-order valence-electron chi connectivity index (χ2n) is 6.98. The van der Waals surface area contributed by atoms with Gasteiger partial charge in [-0.05, 0) is 26.2 Å². The molecule has 0 bridgehead atoms. The largest absolute Gasteiger partial charge is 0.493 e. The van der Waals surface area contributed by atoms with Gasteiger partial charge in [-0.2, -0.15) is 0 Å². The first-order chi connectivity index (χ1) is 17.0. The summed E-state index contributed by atoms with van der Waals surface area (Å²) in [5, 5.41) is 23.0. The number of thiazole rings is 1. The number of aliphatic carboxylic acids is 2. The predicted molar refractivity (Wildman–Crippen MR) is 131 cm³/mol. The third-order valence-electron chi connectivity index (χ3n) is 4.10. The Balaban J connectivity index is 0.000000697. The molecule has 0 saturated heterocycles. The minimum absolute atomic E-state index is 0.254. The molecule has 0 aliphatic rings. The Morgan fingerprint density at radius 2 is 1.53 bits per heavy atom. The Labute approximate surface area is 211 Å². The smallest absolute Gasteiger partial charge is 0.328 e. The van der Waals surface area contributed by atoms with E-state index in [1.807, 2.05) is 19.0 Å². The van der Waals surface area contributed by atoms with Crippen molar-refractivity contribution < 1.29 is 43.6 Å². The first-order valence-corrected chi connectivity index (χ1v) is 11.0. The van der Waals surface area contributed by atoms with Crippen molar-refractivity contribution in [3.05, 3.63) is 40.9 Å². The normalized spacial score (nSPS) is 10.3. The number of rotatable bonds is 11. The van der Waals surface area contributed by atoms with Crippen LogP contribution in [-0.2, 0) is 9.59 Å². The number of anilines is 1. The maximum atomic E-state index is 12.6. The molecule has 1 aromatic carbocycles. The molecule has 4 N–H and O–H groups in total. The maximum Gasteiger partial charge on any atom is 0.328 e. The minimum Gasteiger partial charge on any atom is -0.493 e. The van der Waals surface area contributed by atoms with E-state index in [4.69, 9.17) is 24.4 Å². The fourth-order valence-electron chi connectivity index (χ4n) is 2.44. The summed E-state index contributed by atoms with van der Waals surface area (Å²) in [7, 11) is 8.28. The molecule has 0 saturated carbocycles. The number of amides is 2. The van der Waals surface area contributed by atoms with Crippen LogP contribution in [0.5, 0.6) is 17.2 Å². The van der Waals surface area contributed by atoms with E-state index in [0.29, 0.717) is 46.6 Å². The number of benzene rings is 1. The average molecular weight is 525 g/mol. The van der Waals surface area contributed by atoms with Crippen LogP contribution >= 0.6 is 11.3 Å². The summed E-state index contributed by atoms with van der Waals surface area (Å²) in [5.74, 6) is -2.08. The number of hydrogen-bond acceptors (Lipinski definition) is 10. The van der Waals surface area contributed by atoms with E-state index < -0.39 is 17.8 Å². The fraction of sp³-hybridized carbons (Fsp3) is 0.318. The van der Waals surface area contributed by atoms with Gasteiger partial charge in [-0.1, -0.05) is 0 Å². The van der Waals surface area contributed by atoms with E-state index >= 15 is 0 Å². The van der Waals surface area contributed by atoms with Crippen LogP contribution < -0.4 is 24.8 Å². The minimum atomic E-state index is -1.26. The average Bonchev–Trinajstić information content (AvgIpc) is 3.30. The molecular weight excluding hydrogens is 496 g/mol. The van der Waals surface area contributed by atoms with Gasteiger partial charge in [0, 0.05) is 36.2 Å². The Hall–Kier alpha value is -4.17. The van der Waals surface area contributed by atoms with Gasteiger partial charge in [-0.15, -0.1) is 11.3 Å². The number of likely N-dealkylation sites (N-methyl/N-ethyl adjacent to an activating group) is 1. The highest BCUT2D eigenvalue weighted by Crippen LogP contribution is 2.38. The van der Waals surface area contributed by atoms with Gasteiger partial charge in [0.2, 0.25) is 5.75 Å². The van der Waals surface area contributed by atoms with E-state index in [2.05, 4.69) is 15.6 Å². The van der Waals surface area contributed by atoms with Gasteiger partial charge in [0.15, 0.2) is 16.6 Å². The molecule has 0 radical (unpaired) electrons. The number of aromatic nitrogens is 1. The zero-order valence-corrected chi connectivity index (χ0v) is 21.2. The molecule has 14 heteroatoms. The molecule has 2 rings (SSSR count). The van der Waals surface area contributed by atoms with Crippen LogP contribution in [0.1, 0.15) is 20.8 Å². The van der Waals surface area contributed by atoms with Crippen LogP contribution in [0.4, 0.5) is 5.13 Å². The molecule has 0 spiro atoms. The number of nitrogens with one attached hydrogen (secondary N) is 2. The quantitative estimate of drug-likeness (QED) is 0.313. The molecule has 0 fully saturated rings. The van der Waals surface area contributed by atoms with Crippen molar-refractivity contribution in [3.8, 4) is 17.2 Å². The van der Waals surface area contributed by atoms with Crippen molar-refractivity contribution >= 4 is 40.2 Å². The van der Waals surface area contributed by atoms with Gasteiger partial charge in [0.25, 0.3) is 11.8 Å². The molecule has 196 valence electrons. The highest BCUT2D eigenvalue weighted by molar-refractivity contribution is 7.14. The van der Waals surface area contributed by atoms with Gasteiger partial charge in [0.1, 0.15) is 5.69 Å². The monoisotopic (exact) mass is 524 g/mol. The van der Waals surface area contributed by atoms with Gasteiger partial charge in [0.05, 0.1) is 21.3 Å². The van der Waals surface area contributed by atoms with Crippen molar-refractivity contribution in [2.75, 3.05) is 53.8 Å². The molecular formula is C22H28N4O9S. The van der Waals surface area contributed by atoms with Crippen molar-refractivity contribution in [2.45, 2.75) is 0 Å². The van der Waals surface area contributed by atoms with Crippen molar-refractivity contribution in [2.24, 2.45) is 0 Å². The molecule has 0 aliphatic heterocycles. The topological polar surface area (TPSA) is 177 Å². The Morgan fingerprint density at radius 3 is 1.97 bits per heavy atom. The molecule has 36 heavy (non-hydrogen) atoms. The lowest BCUT2D eigenvalue weighted by Crippen LogP contribution is -2.31. The summed E-state index contributed by atoms with van der Waals surface area (Å²) in [5.41, 5.74) is 0.561. The SMILES string of the molecule is COc1cc(C(=O)Nc2nc(C(=O)NCCN(C)C)cs2)cc(OC)c1OC.O=C(O)C=CC(=O)O. The van der Waals surface area contributed by atoms with Crippen LogP contribution in [0, 0.1) is 0 Å². The molecule has 2 aromatic rings. The summed E-state index contributed by atoms with van der Waals surface area (Å²) in [6.45, 7) is 1.23. The van der Waals surface area contributed by atoms with Crippen molar-refractivity contribution in [1.82, 2.24) is 15.2 Å². The van der Waals surface area contributed by atoms with E-state index in [1.165, 1.54) is 32.7 Å². The number of carboxylic acid groups (broad SMARTS) is 2. The molecule has 2 amide bonds. The van der Waals surface area contributed by atoms with Crippen molar-refractivity contribution in [3.63, 3.8) is 0 Å². The van der Waals surface area contributed by atoms with Crippen LogP contribution in [0.15, 0.2) is 29.7 Å². The summed E-state index contributed by atoms with van der Waals surface area (Å²) in [4.78, 5) is 49.9. The molecule has 0 aliphatic carbocycles. The predicted octanol–water partition coefficient (Wildman–Crippen LogP) is 1.42. The van der Waals surface area contributed by atoms with Crippen LogP contribution in [0.3, 0.4) is 0 Å². The van der Waals surface area contributed by atoms with E-state index in [0.717, 1.165) is 6.54 Å². The molecule has 1 aromatic heterocycles. The standard InChI is InChI=1S/C18H24N4O5S.C4H4O4/c1-22(2)7-6-19-17(24)12-10-28-18(20-12)21-16(23)11-8-13(25-3)15(27-5)14(9-11)26-4;5-3(6)1-2-4(7)8/h8-10H,6-7H2,1-5H3,(H,19,24)(H,20,21,23);1-2H,(H,5,6)(H,7,8). The zero-order chi connectivity index (χ0) is 27.3. The number of hydrogen-bond donors (Lipinski definition) is 4. The van der Waals surface area contributed by atoms with E-state index in [-0.39, 0.29) is 11.6 Å². The summed E-state index contributed by atoms with van der Waals surface area (Å²) in [6, 6.07) is 3.08. The van der Waals surface area contributed by atoms with Crippen LogP contribution in [0.2, 0.25) is 0 Å². The van der Waals surface area contributed by atoms with Gasteiger partial charge < -0.3 is 34.6 Å². The lowest BCUT2D eigenvalue weighted by molar-refractivity contribution is -0.134. The molecule has 0 unspecified atom stereocenters. The first-order valence-electron chi connectivity index (χ1n) is 10.2. The number of ether oxygens (including phenoxy) is 3. The third kappa shape index (κ3) is 9.99. The van der Waals surface area contributed by atoms with Gasteiger partial charge >= 0.3 is 11.9 Å². The summed E-state index contributed by atoms with van der Waals surface area (Å²) in [6.07, 6.45) is 1.12. The molecule has 13 nitrogen and oxygen atoms in total. The van der Waals surface area contributed by atoms with Gasteiger partial charge in [-0.25, -0.2) is 14.6 Å². The fourth-order valence-corrected chi connectivity index (χ4v) is 3.13. The van der Waals surface area contributed by atoms with Crippen LogP contribution in [0.25, 0.3) is 0 Å². The maximum absolute atomic E-state index is 12.6. The van der Waals surface area contributed by atoms with E-state index in [1.54, 1.807) is 17.5 Å². The number of carbonyl (C=O) groups is 4. The lowest BCUT2D eigenvalue weighted by atomic mass is 10.1. The highest BCUT2D eigenvalue weighted by atomic mass is 32.1. The number of carbonyl (C=O) groups excluding carboxylic acids is 2. The summed E-state index contributed by atoms with van der Waals surface area (Å²) >= 11 is 1.17. The number of carboxylic acids is 2. The number of nitrogens with zero attached hydrogens (tertiary/aromatic N) is 2. The van der Waals surface area contributed by atoms with Crippen LogP contribution in [-0.4, -0.2) is 92.4 Å². The molecule has 0 atom stereocenters. The Kier molecular flexibility index (Phi) is 12.4. The first kappa shape index (κ1) is 29.9.